The molecule has 0 amide bonds. The molecule has 1 N–H and O–H groups in total. The number of aryl methyl sites for hydroxylation is 1. The van der Waals surface area contributed by atoms with Crippen molar-refractivity contribution in [3.8, 4) is 11.5 Å². The first-order chi connectivity index (χ1) is 7.84. The normalized spacial score (nSPS) is 13.2. The molecule has 0 bridgehead atoms. The molecule has 0 saturated heterocycles. The minimum absolute atomic E-state index is 0. The van der Waals surface area contributed by atoms with Crippen LogP contribution in [0.25, 0.3) is 11.5 Å². The van der Waals surface area contributed by atoms with Gasteiger partial charge in [-0.3, -0.25) is 0 Å². The first kappa shape index (κ1) is 14.9. The predicted octanol–water partition coefficient (Wildman–Crippen LogP) is 1.60. The summed E-state index contributed by atoms with van der Waals surface area (Å²) >= 11 is 0. The van der Waals surface area contributed by atoms with Gasteiger partial charge >= 0.3 is 0 Å². The lowest BCUT2D eigenvalue weighted by atomic mass is 10.3. The van der Waals surface area contributed by atoms with Crippen LogP contribution >= 0.6 is 24.8 Å². The molecule has 5 nitrogen and oxygen atoms in total. The zero-order chi connectivity index (χ0) is 11.0. The Balaban J connectivity index is 0.000000810. The van der Waals surface area contributed by atoms with Crippen LogP contribution in [0, 0.1) is 6.92 Å². The van der Waals surface area contributed by atoms with Gasteiger partial charge in [0.25, 0.3) is 0 Å². The number of halogens is 2. The number of nitrogens with one attached hydrogen (secondary N) is 1. The molecule has 2 aromatic heterocycles. The zero-order valence-electron chi connectivity index (χ0n) is 9.96. The molecule has 98 valence electrons. The Morgan fingerprint density at radius 1 is 1.22 bits per heavy atom. The highest BCUT2D eigenvalue weighted by Gasteiger charge is 2.17. The Labute approximate surface area is 118 Å². The van der Waals surface area contributed by atoms with Gasteiger partial charge < -0.3 is 9.88 Å². The van der Waals surface area contributed by atoms with E-state index in [9.17, 15) is 0 Å². The van der Waals surface area contributed by atoms with E-state index in [1.165, 1.54) is 0 Å². The van der Waals surface area contributed by atoms with Gasteiger partial charge in [-0.05, 0) is 19.1 Å². The van der Waals surface area contributed by atoms with Crippen molar-refractivity contribution in [2.24, 2.45) is 0 Å². The van der Waals surface area contributed by atoms with E-state index in [1.807, 2.05) is 25.1 Å². The van der Waals surface area contributed by atoms with E-state index in [0.29, 0.717) is 0 Å². The summed E-state index contributed by atoms with van der Waals surface area (Å²) in [5, 5.41) is 11.7. The molecule has 0 unspecified atom stereocenters. The van der Waals surface area contributed by atoms with E-state index in [0.717, 1.165) is 42.7 Å². The van der Waals surface area contributed by atoms with Crippen molar-refractivity contribution < 1.29 is 0 Å². The second-order valence-corrected chi connectivity index (χ2v) is 3.93. The SMILES string of the molecule is Cc1cccc(-c2nnc3n2CCNC3)n1.Cl.Cl. The third-order valence-corrected chi connectivity index (χ3v) is 2.74. The molecular weight excluding hydrogens is 273 g/mol. The zero-order valence-corrected chi connectivity index (χ0v) is 11.6. The number of rotatable bonds is 1. The van der Waals surface area contributed by atoms with Gasteiger partial charge in [0.1, 0.15) is 11.5 Å². The predicted molar refractivity (Wildman–Crippen MR) is 74.2 cm³/mol. The summed E-state index contributed by atoms with van der Waals surface area (Å²) < 4.78 is 2.14. The van der Waals surface area contributed by atoms with Crippen molar-refractivity contribution in [2.75, 3.05) is 6.54 Å². The second kappa shape index (κ2) is 6.13. The van der Waals surface area contributed by atoms with Gasteiger partial charge in [-0.1, -0.05) is 6.07 Å². The van der Waals surface area contributed by atoms with Gasteiger partial charge in [0, 0.05) is 18.8 Å². The number of hydrogen-bond acceptors (Lipinski definition) is 4. The van der Waals surface area contributed by atoms with Gasteiger partial charge in [0.05, 0.1) is 6.54 Å². The largest absolute Gasteiger partial charge is 0.308 e. The number of hydrogen-bond donors (Lipinski definition) is 1. The molecule has 0 fully saturated rings. The van der Waals surface area contributed by atoms with E-state index in [4.69, 9.17) is 0 Å². The minimum Gasteiger partial charge on any atom is -0.308 e. The summed E-state index contributed by atoms with van der Waals surface area (Å²) in [5.74, 6) is 1.87. The summed E-state index contributed by atoms with van der Waals surface area (Å²) in [4.78, 5) is 4.48. The highest BCUT2D eigenvalue weighted by molar-refractivity contribution is 5.85. The van der Waals surface area contributed by atoms with E-state index >= 15 is 0 Å². The molecule has 3 rings (SSSR count). The number of aromatic nitrogens is 4. The van der Waals surface area contributed by atoms with Crippen LogP contribution in [0.2, 0.25) is 0 Å². The lowest BCUT2D eigenvalue weighted by Gasteiger charge is -2.15. The lowest BCUT2D eigenvalue weighted by molar-refractivity contribution is 0.508. The standard InChI is InChI=1S/C11H13N5.2ClH/c1-8-3-2-4-9(13-8)11-15-14-10-7-12-5-6-16(10)11;;/h2-4,12H,5-7H2,1H3;2*1H. The smallest absolute Gasteiger partial charge is 0.182 e. The molecule has 7 heteroatoms. The number of nitrogens with zero attached hydrogens (tertiary/aromatic N) is 4. The van der Waals surface area contributed by atoms with Crippen LogP contribution in [0.4, 0.5) is 0 Å². The molecule has 1 aliphatic rings. The molecular formula is C11H15Cl2N5. The van der Waals surface area contributed by atoms with Crippen LogP contribution in [0.1, 0.15) is 11.5 Å². The molecule has 1 aliphatic heterocycles. The average molecular weight is 288 g/mol. The Kier molecular flexibility index (Phi) is 5.07. The topological polar surface area (TPSA) is 55.6 Å². The van der Waals surface area contributed by atoms with Crippen LogP contribution in [0.15, 0.2) is 18.2 Å². The first-order valence-corrected chi connectivity index (χ1v) is 5.41. The van der Waals surface area contributed by atoms with Crippen molar-refractivity contribution >= 4 is 24.8 Å². The molecule has 0 aromatic carbocycles. The van der Waals surface area contributed by atoms with E-state index < -0.39 is 0 Å². The van der Waals surface area contributed by atoms with Crippen molar-refractivity contribution in [1.82, 2.24) is 25.1 Å². The van der Waals surface area contributed by atoms with Crippen LogP contribution < -0.4 is 5.32 Å². The molecule has 0 saturated carbocycles. The second-order valence-electron chi connectivity index (χ2n) is 3.93. The van der Waals surface area contributed by atoms with Crippen LogP contribution in [-0.4, -0.2) is 26.3 Å². The fourth-order valence-electron chi connectivity index (χ4n) is 1.95. The summed E-state index contributed by atoms with van der Waals surface area (Å²) in [7, 11) is 0. The molecule has 0 radical (unpaired) electrons. The van der Waals surface area contributed by atoms with Crippen LogP contribution in [0.3, 0.4) is 0 Å². The fourth-order valence-corrected chi connectivity index (χ4v) is 1.95. The fraction of sp³-hybridized carbons (Fsp3) is 0.364. The number of fused-ring (bicyclic) bond motifs is 1. The maximum atomic E-state index is 4.48. The average Bonchev–Trinajstić information content (AvgIpc) is 2.72. The van der Waals surface area contributed by atoms with E-state index in [-0.39, 0.29) is 24.8 Å². The monoisotopic (exact) mass is 287 g/mol. The Morgan fingerprint density at radius 3 is 2.83 bits per heavy atom. The maximum absolute atomic E-state index is 4.48. The van der Waals surface area contributed by atoms with Crippen molar-refractivity contribution in [1.29, 1.82) is 0 Å². The third kappa shape index (κ3) is 2.63. The quantitative estimate of drug-likeness (QED) is 0.866. The summed E-state index contributed by atoms with van der Waals surface area (Å²) in [6.07, 6.45) is 0. The van der Waals surface area contributed by atoms with E-state index in [1.54, 1.807) is 0 Å². The highest BCUT2D eigenvalue weighted by Crippen LogP contribution is 2.17. The van der Waals surface area contributed by atoms with Gasteiger partial charge in [-0.15, -0.1) is 35.0 Å². The third-order valence-electron chi connectivity index (χ3n) is 2.74. The molecule has 0 spiro atoms. The van der Waals surface area contributed by atoms with Crippen molar-refractivity contribution in [2.45, 2.75) is 20.0 Å². The van der Waals surface area contributed by atoms with Crippen molar-refractivity contribution in [3.63, 3.8) is 0 Å². The van der Waals surface area contributed by atoms with Gasteiger partial charge in [-0.25, -0.2) is 4.98 Å². The molecule has 0 atom stereocenters. The lowest BCUT2D eigenvalue weighted by Crippen LogP contribution is -2.28. The Bertz CT molecular complexity index is 526. The van der Waals surface area contributed by atoms with Crippen molar-refractivity contribution in [3.05, 3.63) is 29.7 Å². The summed E-state index contributed by atoms with van der Waals surface area (Å²) in [5.41, 5.74) is 1.91. The van der Waals surface area contributed by atoms with Crippen LogP contribution in [0.5, 0.6) is 0 Å². The van der Waals surface area contributed by atoms with Gasteiger partial charge in [-0.2, -0.15) is 0 Å². The Hall–Kier alpha value is -1.17. The Morgan fingerprint density at radius 2 is 2.06 bits per heavy atom. The summed E-state index contributed by atoms with van der Waals surface area (Å²) in [6, 6.07) is 5.96. The first-order valence-electron chi connectivity index (χ1n) is 5.41. The minimum atomic E-state index is 0. The summed E-state index contributed by atoms with van der Waals surface area (Å²) in [6.45, 7) is 4.65. The maximum Gasteiger partial charge on any atom is 0.182 e. The highest BCUT2D eigenvalue weighted by atomic mass is 35.5. The molecule has 18 heavy (non-hydrogen) atoms. The molecule has 2 aromatic rings. The van der Waals surface area contributed by atoms with Gasteiger partial charge in [0.2, 0.25) is 0 Å². The van der Waals surface area contributed by atoms with Crippen LogP contribution in [-0.2, 0) is 13.1 Å². The molecule has 3 heterocycles. The number of pyridine rings is 1. The molecule has 0 aliphatic carbocycles. The van der Waals surface area contributed by atoms with E-state index in [2.05, 4.69) is 25.1 Å². The van der Waals surface area contributed by atoms with Gasteiger partial charge in [0.15, 0.2) is 5.82 Å².